The van der Waals surface area contributed by atoms with Gasteiger partial charge in [0.25, 0.3) is 5.89 Å². The van der Waals surface area contributed by atoms with Crippen molar-refractivity contribution in [2.75, 3.05) is 24.5 Å². The van der Waals surface area contributed by atoms with Gasteiger partial charge in [-0.3, -0.25) is 9.48 Å². The minimum atomic E-state index is -0.664. The first-order valence-electron chi connectivity index (χ1n) is 12.3. The molecule has 14 nitrogen and oxygen atoms in total. The van der Waals surface area contributed by atoms with Crippen molar-refractivity contribution >= 4 is 17.8 Å². The van der Waals surface area contributed by atoms with Gasteiger partial charge in [-0.1, -0.05) is 5.21 Å². The number of nitrogens with zero attached hydrogens (tertiary/aromatic N) is 9. The lowest BCUT2D eigenvalue weighted by atomic mass is 10.1. The van der Waals surface area contributed by atoms with Crippen LogP contribution < -0.4 is 10.2 Å². The summed E-state index contributed by atoms with van der Waals surface area (Å²) in [6.45, 7) is 7.71. The molecule has 2 atom stereocenters. The highest BCUT2D eigenvalue weighted by Crippen LogP contribution is 2.31. The zero-order valence-electron chi connectivity index (χ0n) is 21.4. The zero-order chi connectivity index (χ0) is 26.9. The topological polar surface area (TPSA) is 168 Å². The number of aromatic nitrogens is 6. The highest BCUT2D eigenvalue weighted by Gasteiger charge is 2.39. The molecule has 2 saturated heterocycles. The van der Waals surface area contributed by atoms with Crippen LogP contribution in [-0.4, -0.2) is 84.4 Å². The van der Waals surface area contributed by atoms with Gasteiger partial charge < -0.3 is 24.3 Å². The summed E-state index contributed by atoms with van der Waals surface area (Å²) < 4.78 is 12.9. The second-order valence-corrected chi connectivity index (χ2v) is 10.3. The molecule has 0 aliphatic carbocycles. The number of amides is 2. The van der Waals surface area contributed by atoms with Gasteiger partial charge in [-0.25, -0.2) is 9.78 Å². The van der Waals surface area contributed by atoms with E-state index >= 15 is 0 Å². The third kappa shape index (κ3) is 5.41. The Morgan fingerprint density at radius 1 is 1.29 bits per heavy atom. The Balaban J connectivity index is 1.31. The predicted molar refractivity (Wildman–Crippen MR) is 132 cm³/mol. The standard InChI is InChI=1S/C24H28N10O4/c1-24(2,3)38-23(36)34-13-16(10-17(34)14-33-8-5-27-31-33)28-20(35)22-30-29-21(37-22)18-9-15(11-25)12-26-19(18)32-6-4-7-32/h5,8-9,12,16-17H,4,6-7,10,13-14H2,1-3H3,(H,28,35). The third-order valence-electron chi connectivity index (χ3n) is 6.25. The maximum Gasteiger partial charge on any atom is 0.410 e. The fourth-order valence-corrected chi connectivity index (χ4v) is 4.41. The summed E-state index contributed by atoms with van der Waals surface area (Å²) in [5, 5.41) is 28.0. The molecule has 3 aromatic rings. The molecule has 0 aromatic carbocycles. The highest BCUT2D eigenvalue weighted by atomic mass is 16.6. The number of anilines is 1. The Bertz CT molecular complexity index is 1350. The predicted octanol–water partition coefficient (Wildman–Crippen LogP) is 1.61. The number of pyridine rings is 1. The van der Waals surface area contributed by atoms with Crippen molar-refractivity contribution in [3.05, 3.63) is 36.1 Å². The molecule has 2 aliphatic heterocycles. The molecule has 0 spiro atoms. The number of hydrogen-bond donors (Lipinski definition) is 1. The van der Waals surface area contributed by atoms with Crippen LogP contribution in [0.5, 0.6) is 0 Å². The number of carbonyl (C=O) groups is 2. The normalized spacial score (nSPS) is 19.1. The SMILES string of the molecule is CC(C)(C)OC(=O)N1CC(NC(=O)c2nnc(-c3cc(C#N)cnc3N3CCC3)o2)CC1Cn1ccnn1. The summed E-state index contributed by atoms with van der Waals surface area (Å²) >= 11 is 0. The van der Waals surface area contributed by atoms with Crippen LogP contribution in [0.15, 0.2) is 29.1 Å². The second-order valence-electron chi connectivity index (χ2n) is 10.3. The average Bonchev–Trinajstić information content (AvgIpc) is 3.59. The summed E-state index contributed by atoms with van der Waals surface area (Å²) in [6.07, 6.45) is 5.81. The number of likely N-dealkylation sites (tertiary alicyclic amines) is 1. The van der Waals surface area contributed by atoms with E-state index < -0.39 is 17.6 Å². The Morgan fingerprint density at radius 2 is 2.11 bits per heavy atom. The van der Waals surface area contributed by atoms with Crippen LogP contribution in [0.2, 0.25) is 0 Å². The number of nitriles is 1. The van der Waals surface area contributed by atoms with Crippen LogP contribution in [0.4, 0.5) is 10.6 Å². The van der Waals surface area contributed by atoms with Gasteiger partial charge in [0.15, 0.2) is 0 Å². The van der Waals surface area contributed by atoms with E-state index in [9.17, 15) is 14.9 Å². The maximum atomic E-state index is 13.0. The maximum absolute atomic E-state index is 13.0. The van der Waals surface area contributed by atoms with Crippen molar-refractivity contribution in [3.8, 4) is 17.5 Å². The summed E-state index contributed by atoms with van der Waals surface area (Å²) in [4.78, 5) is 34.0. The van der Waals surface area contributed by atoms with E-state index in [4.69, 9.17) is 9.15 Å². The van der Waals surface area contributed by atoms with Crippen LogP contribution in [0.25, 0.3) is 11.5 Å². The van der Waals surface area contributed by atoms with E-state index in [1.54, 1.807) is 48.8 Å². The summed E-state index contributed by atoms with van der Waals surface area (Å²) in [5.41, 5.74) is 0.184. The molecule has 38 heavy (non-hydrogen) atoms. The van der Waals surface area contributed by atoms with E-state index in [1.165, 1.54) is 6.20 Å². The van der Waals surface area contributed by atoms with Crippen LogP contribution in [0.3, 0.4) is 0 Å². The largest absolute Gasteiger partial charge is 0.444 e. The molecule has 2 unspecified atom stereocenters. The third-order valence-corrected chi connectivity index (χ3v) is 6.25. The Kier molecular flexibility index (Phi) is 6.66. The molecule has 0 bridgehead atoms. The summed E-state index contributed by atoms with van der Waals surface area (Å²) in [5.74, 6) is -0.0484. The molecule has 0 radical (unpaired) electrons. The number of carbonyl (C=O) groups excluding carboxylic acids is 2. The lowest BCUT2D eigenvalue weighted by molar-refractivity contribution is 0.0207. The molecule has 2 aliphatic rings. The highest BCUT2D eigenvalue weighted by molar-refractivity contribution is 5.90. The summed E-state index contributed by atoms with van der Waals surface area (Å²) in [7, 11) is 0. The van der Waals surface area contributed by atoms with Crippen LogP contribution in [0.1, 0.15) is 49.9 Å². The fourth-order valence-electron chi connectivity index (χ4n) is 4.41. The van der Waals surface area contributed by atoms with Crippen LogP contribution in [-0.2, 0) is 11.3 Å². The van der Waals surface area contributed by atoms with E-state index in [0.29, 0.717) is 29.9 Å². The van der Waals surface area contributed by atoms with Gasteiger partial charge >= 0.3 is 17.9 Å². The Hall–Kier alpha value is -4.54. The number of hydrogen-bond acceptors (Lipinski definition) is 11. The lowest BCUT2D eigenvalue weighted by Crippen LogP contribution is -2.43. The van der Waals surface area contributed by atoms with E-state index in [0.717, 1.165) is 19.5 Å². The second kappa shape index (κ2) is 10.1. The van der Waals surface area contributed by atoms with Gasteiger partial charge in [-0.2, -0.15) is 5.26 Å². The van der Waals surface area contributed by atoms with Crippen molar-refractivity contribution in [2.45, 2.75) is 57.8 Å². The van der Waals surface area contributed by atoms with E-state index in [2.05, 4.69) is 36.9 Å². The number of rotatable bonds is 6. The molecule has 14 heteroatoms. The Morgan fingerprint density at radius 3 is 2.76 bits per heavy atom. The fraction of sp³-hybridized carbons (Fsp3) is 0.500. The molecule has 2 amide bonds. The molecule has 1 N–H and O–H groups in total. The number of nitrogens with one attached hydrogen (secondary N) is 1. The van der Waals surface area contributed by atoms with Gasteiger partial charge in [0, 0.05) is 38.1 Å². The monoisotopic (exact) mass is 520 g/mol. The molecular weight excluding hydrogens is 492 g/mol. The van der Waals surface area contributed by atoms with E-state index in [-0.39, 0.29) is 30.4 Å². The van der Waals surface area contributed by atoms with Gasteiger partial charge in [0.05, 0.1) is 29.9 Å². The van der Waals surface area contributed by atoms with Crippen molar-refractivity contribution in [1.82, 2.24) is 40.4 Å². The van der Waals surface area contributed by atoms with Crippen LogP contribution >= 0.6 is 0 Å². The average molecular weight is 521 g/mol. The lowest BCUT2D eigenvalue weighted by Gasteiger charge is -2.32. The quantitative estimate of drug-likeness (QED) is 0.501. The first kappa shape index (κ1) is 25.1. The van der Waals surface area contributed by atoms with Gasteiger partial charge in [0.1, 0.15) is 17.5 Å². The molecule has 0 saturated carbocycles. The van der Waals surface area contributed by atoms with Gasteiger partial charge in [-0.05, 0) is 39.7 Å². The minimum Gasteiger partial charge on any atom is -0.444 e. The van der Waals surface area contributed by atoms with Gasteiger partial charge in [0.2, 0.25) is 0 Å². The summed E-state index contributed by atoms with van der Waals surface area (Å²) in [6, 6.07) is 3.04. The zero-order valence-corrected chi connectivity index (χ0v) is 21.4. The van der Waals surface area contributed by atoms with Crippen molar-refractivity contribution in [2.24, 2.45) is 0 Å². The van der Waals surface area contributed by atoms with Gasteiger partial charge in [-0.15, -0.1) is 15.3 Å². The minimum absolute atomic E-state index is 0.104. The molecule has 5 rings (SSSR count). The van der Waals surface area contributed by atoms with Crippen molar-refractivity contribution in [3.63, 3.8) is 0 Å². The molecular formula is C24H28N10O4. The van der Waals surface area contributed by atoms with Crippen molar-refractivity contribution < 1.29 is 18.7 Å². The van der Waals surface area contributed by atoms with Crippen molar-refractivity contribution in [1.29, 1.82) is 5.26 Å². The van der Waals surface area contributed by atoms with Crippen LogP contribution in [0, 0.1) is 11.3 Å². The molecule has 3 aromatic heterocycles. The molecule has 2 fully saturated rings. The Labute approximate surface area is 218 Å². The first-order chi connectivity index (χ1) is 18.2. The number of ether oxygens (including phenoxy) is 1. The smallest absolute Gasteiger partial charge is 0.410 e. The first-order valence-corrected chi connectivity index (χ1v) is 12.3. The van der Waals surface area contributed by atoms with E-state index in [1.807, 2.05) is 4.90 Å². The molecule has 198 valence electrons. The molecule has 5 heterocycles.